The van der Waals surface area contributed by atoms with Crippen LogP contribution in [0.3, 0.4) is 0 Å². The first-order chi connectivity index (χ1) is 9.31. The summed E-state index contributed by atoms with van der Waals surface area (Å²) in [7, 11) is 3.59. The van der Waals surface area contributed by atoms with Crippen LogP contribution in [0.5, 0.6) is 5.75 Å². The van der Waals surface area contributed by atoms with E-state index in [-0.39, 0.29) is 0 Å². The summed E-state index contributed by atoms with van der Waals surface area (Å²) in [5.41, 5.74) is 1.90. The van der Waals surface area contributed by atoms with E-state index in [1.54, 1.807) is 7.11 Å². The van der Waals surface area contributed by atoms with Crippen molar-refractivity contribution < 1.29 is 13.9 Å². The zero-order valence-corrected chi connectivity index (χ0v) is 11.8. The van der Waals surface area contributed by atoms with E-state index in [1.165, 1.54) is 0 Å². The van der Waals surface area contributed by atoms with E-state index in [4.69, 9.17) is 13.9 Å². The lowest BCUT2D eigenvalue weighted by Crippen LogP contribution is -2.06. The lowest BCUT2D eigenvalue weighted by molar-refractivity contribution is 0.183. The first-order valence-electron chi connectivity index (χ1n) is 6.61. The van der Waals surface area contributed by atoms with Gasteiger partial charge in [-0.2, -0.15) is 0 Å². The van der Waals surface area contributed by atoms with E-state index >= 15 is 0 Å². The summed E-state index contributed by atoms with van der Waals surface area (Å²) in [5.74, 6) is 1.71. The van der Waals surface area contributed by atoms with Crippen LogP contribution in [0.1, 0.15) is 24.7 Å². The van der Waals surface area contributed by atoms with Crippen LogP contribution in [0.15, 0.2) is 22.6 Å². The molecule has 104 valence electrons. The second-order valence-electron chi connectivity index (χ2n) is 4.45. The monoisotopic (exact) mass is 263 g/mol. The van der Waals surface area contributed by atoms with Crippen LogP contribution in [-0.4, -0.2) is 20.8 Å². The van der Waals surface area contributed by atoms with Crippen LogP contribution in [0, 0.1) is 0 Å². The lowest BCUT2D eigenvalue weighted by Gasteiger charge is -2.04. The van der Waals surface area contributed by atoms with Crippen molar-refractivity contribution in [2.45, 2.75) is 26.5 Å². The Morgan fingerprint density at radius 2 is 2.16 bits per heavy atom. The first-order valence-corrected chi connectivity index (χ1v) is 6.61. The topological polar surface area (TPSA) is 43.6 Å². The second-order valence-corrected chi connectivity index (χ2v) is 4.45. The van der Waals surface area contributed by atoms with Gasteiger partial charge in [0.15, 0.2) is 11.3 Å². The standard InChI is InChI=1S/C15H21NO3/c1-4-8-18-13-7-5-6-11-12(10-17-3)14(9-16-2)19-15(11)13/h5-7,16H,4,8-10H2,1-3H3. The predicted molar refractivity (Wildman–Crippen MR) is 75.5 cm³/mol. The molecule has 0 unspecified atom stereocenters. The van der Waals surface area contributed by atoms with E-state index in [0.29, 0.717) is 19.8 Å². The van der Waals surface area contributed by atoms with Crippen molar-refractivity contribution in [3.63, 3.8) is 0 Å². The molecule has 0 atom stereocenters. The van der Waals surface area contributed by atoms with E-state index in [1.807, 2.05) is 25.2 Å². The summed E-state index contributed by atoms with van der Waals surface area (Å²) in [6.45, 7) is 4.01. The van der Waals surface area contributed by atoms with Gasteiger partial charge in [-0.05, 0) is 19.5 Å². The molecule has 1 heterocycles. The average molecular weight is 263 g/mol. The Hall–Kier alpha value is -1.52. The Labute approximate surface area is 113 Å². The van der Waals surface area contributed by atoms with Crippen LogP contribution in [-0.2, 0) is 17.9 Å². The highest BCUT2D eigenvalue weighted by atomic mass is 16.5. The number of hydrogen-bond donors (Lipinski definition) is 1. The number of rotatable bonds is 7. The Kier molecular flexibility index (Phi) is 4.82. The van der Waals surface area contributed by atoms with Gasteiger partial charge in [0.1, 0.15) is 5.76 Å². The summed E-state index contributed by atoms with van der Waals surface area (Å²) >= 11 is 0. The van der Waals surface area contributed by atoms with Gasteiger partial charge in [-0.25, -0.2) is 0 Å². The van der Waals surface area contributed by atoms with Crippen LogP contribution >= 0.6 is 0 Å². The SMILES string of the molecule is CCCOc1cccc2c(COC)c(CNC)oc12. The molecule has 1 N–H and O–H groups in total. The zero-order chi connectivity index (χ0) is 13.7. The zero-order valence-electron chi connectivity index (χ0n) is 11.8. The normalized spacial score (nSPS) is 11.1. The molecule has 4 nitrogen and oxygen atoms in total. The number of hydrogen-bond acceptors (Lipinski definition) is 4. The molecule has 0 saturated heterocycles. The smallest absolute Gasteiger partial charge is 0.176 e. The number of benzene rings is 1. The third kappa shape index (κ3) is 2.91. The number of ether oxygens (including phenoxy) is 2. The van der Waals surface area contributed by atoms with Crippen molar-refractivity contribution in [2.75, 3.05) is 20.8 Å². The molecule has 4 heteroatoms. The summed E-state index contributed by atoms with van der Waals surface area (Å²) in [5, 5.41) is 4.19. The van der Waals surface area contributed by atoms with Gasteiger partial charge in [0, 0.05) is 18.1 Å². The van der Waals surface area contributed by atoms with E-state index in [0.717, 1.165) is 34.5 Å². The molecule has 0 radical (unpaired) electrons. The van der Waals surface area contributed by atoms with Gasteiger partial charge in [0.2, 0.25) is 0 Å². The van der Waals surface area contributed by atoms with Gasteiger partial charge in [0.05, 0.1) is 19.8 Å². The van der Waals surface area contributed by atoms with Gasteiger partial charge in [-0.1, -0.05) is 19.1 Å². The number of furan rings is 1. The quantitative estimate of drug-likeness (QED) is 0.833. The summed E-state index contributed by atoms with van der Waals surface area (Å²) in [6, 6.07) is 5.98. The van der Waals surface area contributed by atoms with E-state index in [9.17, 15) is 0 Å². The lowest BCUT2D eigenvalue weighted by atomic mass is 10.1. The van der Waals surface area contributed by atoms with Gasteiger partial charge in [0.25, 0.3) is 0 Å². The summed E-state index contributed by atoms with van der Waals surface area (Å²) < 4.78 is 17.0. The Balaban J connectivity index is 2.47. The number of methoxy groups -OCH3 is 1. The molecule has 0 aliphatic rings. The molecule has 0 fully saturated rings. The highest BCUT2D eigenvalue weighted by Gasteiger charge is 2.16. The second kappa shape index (κ2) is 6.59. The molecule has 0 spiro atoms. The molecule has 19 heavy (non-hydrogen) atoms. The largest absolute Gasteiger partial charge is 0.490 e. The van der Waals surface area contributed by atoms with E-state index < -0.39 is 0 Å². The maximum Gasteiger partial charge on any atom is 0.176 e. The number of para-hydroxylation sites is 1. The molecule has 0 saturated carbocycles. The Morgan fingerprint density at radius 1 is 1.32 bits per heavy atom. The summed E-state index contributed by atoms with van der Waals surface area (Å²) in [4.78, 5) is 0. The molecular formula is C15H21NO3. The minimum atomic E-state index is 0.543. The van der Waals surface area contributed by atoms with Crippen LogP contribution in [0.25, 0.3) is 11.0 Å². The van der Waals surface area contributed by atoms with Crippen molar-refractivity contribution in [3.05, 3.63) is 29.5 Å². The van der Waals surface area contributed by atoms with E-state index in [2.05, 4.69) is 12.2 Å². The highest BCUT2D eigenvalue weighted by Crippen LogP contribution is 2.33. The van der Waals surface area contributed by atoms with Gasteiger partial charge in [-0.15, -0.1) is 0 Å². The molecule has 2 rings (SSSR count). The van der Waals surface area contributed by atoms with Gasteiger partial charge in [-0.3, -0.25) is 0 Å². The Bertz CT molecular complexity index is 533. The summed E-state index contributed by atoms with van der Waals surface area (Å²) in [6.07, 6.45) is 0.978. The van der Waals surface area contributed by atoms with Crippen molar-refractivity contribution >= 4 is 11.0 Å². The van der Waals surface area contributed by atoms with Crippen LogP contribution in [0.4, 0.5) is 0 Å². The van der Waals surface area contributed by atoms with Crippen LogP contribution in [0.2, 0.25) is 0 Å². The average Bonchev–Trinajstić information content (AvgIpc) is 2.76. The molecule has 0 aliphatic carbocycles. The minimum absolute atomic E-state index is 0.543. The van der Waals surface area contributed by atoms with Crippen LogP contribution < -0.4 is 10.1 Å². The maximum absolute atomic E-state index is 5.95. The molecule has 1 aromatic carbocycles. The van der Waals surface area contributed by atoms with Crippen molar-refractivity contribution in [2.24, 2.45) is 0 Å². The van der Waals surface area contributed by atoms with Gasteiger partial charge >= 0.3 is 0 Å². The predicted octanol–water partition coefficient (Wildman–Crippen LogP) is 3.09. The first kappa shape index (κ1) is 13.9. The van der Waals surface area contributed by atoms with Crippen molar-refractivity contribution in [1.29, 1.82) is 0 Å². The maximum atomic E-state index is 5.95. The highest BCUT2D eigenvalue weighted by molar-refractivity contribution is 5.87. The third-order valence-corrected chi connectivity index (χ3v) is 2.95. The fourth-order valence-corrected chi connectivity index (χ4v) is 2.13. The minimum Gasteiger partial charge on any atom is -0.490 e. The molecule has 0 bridgehead atoms. The number of nitrogens with one attached hydrogen (secondary N) is 1. The molecular weight excluding hydrogens is 242 g/mol. The fourth-order valence-electron chi connectivity index (χ4n) is 2.13. The fraction of sp³-hybridized carbons (Fsp3) is 0.467. The molecule has 2 aromatic rings. The third-order valence-electron chi connectivity index (χ3n) is 2.95. The number of fused-ring (bicyclic) bond motifs is 1. The van der Waals surface area contributed by atoms with Crippen molar-refractivity contribution in [1.82, 2.24) is 5.32 Å². The van der Waals surface area contributed by atoms with Gasteiger partial charge < -0.3 is 19.2 Å². The van der Waals surface area contributed by atoms with Crippen molar-refractivity contribution in [3.8, 4) is 5.75 Å². The molecule has 0 amide bonds. The Morgan fingerprint density at radius 3 is 2.84 bits per heavy atom. The molecule has 1 aromatic heterocycles. The molecule has 0 aliphatic heterocycles.